The predicted molar refractivity (Wildman–Crippen MR) is 119 cm³/mol. The monoisotopic (exact) mass is 437 g/mol. The van der Waals surface area contributed by atoms with E-state index in [1.807, 2.05) is 18.2 Å². The van der Waals surface area contributed by atoms with Crippen LogP contribution in [-0.4, -0.2) is 63.8 Å². The smallest absolute Gasteiger partial charge is 0.270 e. The molecule has 32 heavy (non-hydrogen) atoms. The van der Waals surface area contributed by atoms with E-state index in [1.54, 1.807) is 12.1 Å². The van der Waals surface area contributed by atoms with Crippen molar-refractivity contribution in [3.63, 3.8) is 0 Å². The Kier molecular flexibility index (Phi) is 7.21. The molecule has 0 aliphatic carbocycles. The fraction of sp³-hybridized carbons (Fsp3) is 0.391. The normalized spacial score (nSPS) is 15.7. The third-order valence-electron chi connectivity index (χ3n) is 5.60. The van der Waals surface area contributed by atoms with Crippen LogP contribution in [0.25, 0.3) is 11.4 Å². The number of nitro groups is 1. The molecule has 1 fully saturated rings. The summed E-state index contributed by atoms with van der Waals surface area (Å²) in [5.74, 6) is 0.834. The van der Waals surface area contributed by atoms with Crippen LogP contribution in [-0.2, 0) is 17.8 Å². The molecule has 2 aromatic carbocycles. The maximum atomic E-state index is 11.1. The summed E-state index contributed by atoms with van der Waals surface area (Å²) in [6.45, 7) is 7.76. The van der Waals surface area contributed by atoms with E-state index in [0.29, 0.717) is 23.8 Å². The van der Waals surface area contributed by atoms with Gasteiger partial charge in [0.25, 0.3) is 5.69 Å². The summed E-state index contributed by atoms with van der Waals surface area (Å²) in [5, 5.41) is 15.1. The van der Waals surface area contributed by atoms with E-state index in [1.165, 1.54) is 17.7 Å². The Labute approximate surface area is 186 Å². The van der Waals surface area contributed by atoms with Crippen LogP contribution in [0.15, 0.2) is 59.1 Å². The first-order chi connectivity index (χ1) is 15.6. The third kappa shape index (κ3) is 5.76. The van der Waals surface area contributed by atoms with Gasteiger partial charge in [0.2, 0.25) is 11.7 Å². The van der Waals surface area contributed by atoms with Crippen LogP contribution in [0.5, 0.6) is 0 Å². The summed E-state index contributed by atoms with van der Waals surface area (Å²) in [5.41, 5.74) is 1.77. The predicted octanol–water partition coefficient (Wildman–Crippen LogP) is 3.37. The molecule has 9 heteroatoms. The van der Waals surface area contributed by atoms with E-state index in [4.69, 9.17) is 9.26 Å². The molecule has 0 radical (unpaired) electrons. The molecule has 168 valence electrons. The Morgan fingerprint density at radius 1 is 1.12 bits per heavy atom. The lowest BCUT2D eigenvalue weighted by atomic mass is 10.1. The second-order valence-corrected chi connectivity index (χ2v) is 7.97. The Morgan fingerprint density at radius 3 is 2.66 bits per heavy atom. The van der Waals surface area contributed by atoms with Gasteiger partial charge in [-0.25, -0.2) is 0 Å². The molecular formula is C23H27N5O4. The minimum absolute atomic E-state index is 0.00122. The van der Waals surface area contributed by atoms with Crippen LogP contribution in [0.4, 0.5) is 5.69 Å². The van der Waals surface area contributed by atoms with Gasteiger partial charge in [0.15, 0.2) is 0 Å². The summed E-state index contributed by atoms with van der Waals surface area (Å²) < 4.78 is 11.0. The van der Waals surface area contributed by atoms with Gasteiger partial charge in [0.05, 0.1) is 24.7 Å². The molecule has 1 aromatic heterocycles. The molecule has 2 heterocycles. The zero-order valence-corrected chi connectivity index (χ0v) is 18.1. The fourth-order valence-corrected chi connectivity index (χ4v) is 3.83. The van der Waals surface area contributed by atoms with Crippen molar-refractivity contribution in [2.45, 2.75) is 26.1 Å². The Bertz CT molecular complexity index is 1020. The highest BCUT2D eigenvalue weighted by Gasteiger charge is 2.22. The van der Waals surface area contributed by atoms with Gasteiger partial charge in [-0.2, -0.15) is 4.98 Å². The average molecular weight is 438 g/mol. The first-order valence-corrected chi connectivity index (χ1v) is 10.7. The Hall–Kier alpha value is -3.14. The van der Waals surface area contributed by atoms with Crippen molar-refractivity contribution >= 4 is 5.69 Å². The molecule has 0 bridgehead atoms. The summed E-state index contributed by atoms with van der Waals surface area (Å²) >= 11 is 0. The van der Waals surface area contributed by atoms with Crippen LogP contribution in [0, 0.1) is 10.1 Å². The van der Waals surface area contributed by atoms with E-state index < -0.39 is 4.92 Å². The standard InChI is InChI=1S/C23H27N5O4/c1-18(15-26-10-12-31-13-11-26)27(16-19-6-3-2-4-7-19)17-22-24-23(25-32-22)20-8-5-9-21(14-20)28(29)30/h2-9,14,18H,10-13,15-17H2,1H3. The van der Waals surface area contributed by atoms with Crippen LogP contribution in [0.1, 0.15) is 18.4 Å². The zero-order valence-electron chi connectivity index (χ0n) is 18.1. The first-order valence-electron chi connectivity index (χ1n) is 10.7. The third-order valence-corrected chi connectivity index (χ3v) is 5.60. The topological polar surface area (TPSA) is 97.8 Å². The summed E-state index contributed by atoms with van der Waals surface area (Å²) in [4.78, 5) is 19.9. The zero-order chi connectivity index (χ0) is 22.3. The van der Waals surface area contributed by atoms with Gasteiger partial charge in [-0.15, -0.1) is 0 Å². The molecule has 0 N–H and O–H groups in total. The van der Waals surface area contributed by atoms with Gasteiger partial charge in [-0.05, 0) is 12.5 Å². The lowest BCUT2D eigenvalue weighted by molar-refractivity contribution is -0.384. The van der Waals surface area contributed by atoms with Crippen molar-refractivity contribution in [1.29, 1.82) is 0 Å². The van der Waals surface area contributed by atoms with Gasteiger partial charge >= 0.3 is 0 Å². The van der Waals surface area contributed by atoms with Gasteiger partial charge in [0, 0.05) is 49.9 Å². The van der Waals surface area contributed by atoms with E-state index in [9.17, 15) is 10.1 Å². The lowest BCUT2D eigenvalue weighted by Crippen LogP contribution is -2.45. The van der Waals surface area contributed by atoms with Crippen LogP contribution >= 0.6 is 0 Å². The second-order valence-electron chi connectivity index (χ2n) is 7.97. The molecule has 4 rings (SSSR count). The molecule has 1 aliphatic heterocycles. The Balaban J connectivity index is 1.50. The molecular weight excluding hydrogens is 410 g/mol. The van der Waals surface area contributed by atoms with E-state index in [2.05, 4.69) is 39.0 Å². The molecule has 3 aromatic rings. The van der Waals surface area contributed by atoms with Crippen molar-refractivity contribution in [3.05, 3.63) is 76.2 Å². The largest absolute Gasteiger partial charge is 0.379 e. The summed E-state index contributed by atoms with van der Waals surface area (Å²) in [6, 6.07) is 16.8. The molecule has 1 aliphatic rings. The minimum atomic E-state index is -0.431. The van der Waals surface area contributed by atoms with Gasteiger partial charge in [0.1, 0.15) is 0 Å². The van der Waals surface area contributed by atoms with Crippen LogP contribution in [0.3, 0.4) is 0 Å². The number of nitrogens with zero attached hydrogens (tertiary/aromatic N) is 5. The van der Waals surface area contributed by atoms with Crippen molar-refractivity contribution in [3.8, 4) is 11.4 Å². The number of non-ortho nitro benzene ring substituents is 1. The number of morpholine rings is 1. The van der Waals surface area contributed by atoms with E-state index in [0.717, 1.165) is 39.4 Å². The maximum Gasteiger partial charge on any atom is 0.270 e. The van der Waals surface area contributed by atoms with Crippen molar-refractivity contribution in [2.75, 3.05) is 32.8 Å². The summed E-state index contributed by atoms with van der Waals surface area (Å²) in [7, 11) is 0. The quantitative estimate of drug-likeness (QED) is 0.371. The van der Waals surface area contributed by atoms with Gasteiger partial charge in [-0.1, -0.05) is 47.6 Å². The van der Waals surface area contributed by atoms with E-state index in [-0.39, 0.29) is 11.7 Å². The van der Waals surface area contributed by atoms with Crippen molar-refractivity contribution in [1.82, 2.24) is 19.9 Å². The van der Waals surface area contributed by atoms with Crippen LogP contribution < -0.4 is 0 Å². The van der Waals surface area contributed by atoms with Crippen molar-refractivity contribution < 1.29 is 14.2 Å². The first kappa shape index (κ1) is 22.1. The number of rotatable bonds is 9. The van der Waals surface area contributed by atoms with Gasteiger partial charge in [-0.3, -0.25) is 19.9 Å². The molecule has 0 amide bonds. The lowest BCUT2D eigenvalue weighted by Gasteiger charge is -2.34. The molecule has 1 saturated heterocycles. The SMILES string of the molecule is CC(CN1CCOCC1)N(Cc1ccccc1)Cc1nc(-c2cccc([N+](=O)[O-])c2)no1. The second kappa shape index (κ2) is 10.4. The highest BCUT2D eigenvalue weighted by Crippen LogP contribution is 2.22. The highest BCUT2D eigenvalue weighted by molar-refractivity contribution is 5.58. The number of hydrogen-bond acceptors (Lipinski definition) is 8. The number of benzene rings is 2. The summed E-state index contributed by atoms with van der Waals surface area (Å²) in [6.07, 6.45) is 0. The number of nitro benzene ring substituents is 1. The van der Waals surface area contributed by atoms with Crippen LogP contribution in [0.2, 0.25) is 0 Å². The fourth-order valence-electron chi connectivity index (χ4n) is 3.83. The number of aromatic nitrogens is 2. The molecule has 0 spiro atoms. The number of ether oxygens (including phenoxy) is 1. The van der Waals surface area contributed by atoms with Gasteiger partial charge < -0.3 is 9.26 Å². The maximum absolute atomic E-state index is 11.1. The average Bonchev–Trinajstić information content (AvgIpc) is 3.29. The Morgan fingerprint density at radius 2 is 1.91 bits per heavy atom. The molecule has 1 atom stereocenters. The van der Waals surface area contributed by atoms with Crippen molar-refractivity contribution in [2.24, 2.45) is 0 Å². The molecule has 9 nitrogen and oxygen atoms in total. The highest BCUT2D eigenvalue weighted by atomic mass is 16.6. The number of hydrogen-bond donors (Lipinski definition) is 0. The minimum Gasteiger partial charge on any atom is -0.379 e. The molecule has 1 unspecified atom stereocenters. The van der Waals surface area contributed by atoms with E-state index >= 15 is 0 Å². The molecule has 0 saturated carbocycles.